The third kappa shape index (κ3) is 4.48. The average molecular weight is 339 g/mol. The Morgan fingerprint density at radius 1 is 1.13 bits per heavy atom. The monoisotopic (exact) mass is 338 g/mol. The Hall–Kier alpha value is -1.06. The molecule has 1 amide bonds. The second kappa shape index (κ2) is 8.70. The summed E-state index contributed by atoms with van der Waals surface area (Å²) in [5.74, 6) is 0.725. The Labute approximate surface area is 147 Å². The highest BCUT2D eigenvalue weighted by Crippen LogP contribution is 2.41. The molecule has 3 nitrogen and oxygen atoms in total. The van der Waals surface area contributed by atoms with Crippen molar-refractivity contribution in [2.45, 2.75) is 63.8 Å². The number of carbonyl (C=O) groups is 1. The second-order valence-electron chi connectivity index (χ2n) is 6.97. The van der Waals surface area contributed by atoms with Gasteiger partial charge in [-0.25, -0.2) is 0 Å². The summed E-state index contributed by atoms with van der Waals surface area (Å²) in [5, 5.41) is 6.32. The van der Waals surface area contributed by atoms with Gasteiger partial charge in [-0.2, -0.15) is 0 Å². The van der Waals surface area contributed by atoms with Gasteiger partial charge >= 0.3 is 0 Å². The summed E-state index contributed by atoms with van der Waals surface area (Å²) >= 11 is 0. The standard InChI is InChI=1S/C19H30N2O.ClH/c1-14(2)16-7-9-17(10-8-16)19(11-5-6-12-19)18(22)21-13-15(3)20-4;/h7-10,14-15,20H,5-6,11-13H2,1-4H3,(H,21,22);1H. The fraction of sp³-hybridized carbons (Fsp3) is 0.632. The number of halogens is 1. The molecule has 0 aliphatic heterocycles. The lowest BCUT2D eigenvalue weighted by atomic mass is 9.77. The van der Waals surface area contributed by atoms with Crippen molar-refractivity contribution in [1.29, 1.82) is 0 Å². The summed E-state index contributed by atoms with van der Waals surface area (Å²) in [6, 6.07) is 9.00. The van der Waals surface area contributed by atoms with Crippen LogP contribution in [0.5, 0.6) is 0 Å². The number of rotatable bonds is 6. The highest BCUT2D eigenvalue weighted by atomic mass is 35.5. The van der Waals surface area contributed by atoms with Crippen LogP contribution in [0.3, 0.4) is 0 Å². The van der Waals surface area contributed by atoms with E-state index in [0.29, 0.717) is 18.5 Å². The van der Waals surface area contributed by atoms with Gasteiger partial charge in [-0.3, -0.25) is 4.79 Å². The van der Waals surface area contributed by atoms with Crippen LogP contribution in [-0.2, 0) is 10.2 Å². The molecule has 0 heterocycles. The Morgan fingerprint density at radius 3 is 2.17 bits per heavy atom. The molecular weight excluding hydrogens is 308 g/mol. The zero-order valence-electron chi connectivity index (χ0n) is 14.8. The molecule has 130 valence electrons. The van der Waals surface area contributed by atoms with Gasteiger partial charge in [0.05, 0.1) is 5.41 Å². The Bertz CT molecular complexity index is 493. The molecule has 1 atom stereocenters. The molecule has 23 heavy (non-hydrogen) atoms. The van der Waals surface area contributed by atoms with Crippen molar-refractivity contribution in [1.82, 2.24) is 10.6 Å². The Kier molecular flexibility index (Phi) is 7.56. The molecule has 1 aromatic rings. The number of carbonyl (C=O) groups excluding carboxylic acids is 1. The largest absolute Gasteiger partial charge is 0.354 e. The molecule has 4 heteroatoms. The van der Waals surface area contributed by atoms with Gasteiger partial charge in [-0.15, -0.1) is 12.4 Å². The number of amides is 1. The molecule has 0 saturated heterocycles. The lowest BCUT2D eigenvalue weighted by Gasteiger charge is -2.29. The van der Waals surface area contributed by atoms with Crippen LogP contribution in [0, 0.1) is 0 Å². The highest BCUT2D eigenvalue weighted by Gasteiger charge is 2.42. The first-order chi connectivity index (χ1) is 10.5. The van der Waals surface area contributed by atoms with Gasteiger partial charge in [0.25, 0.3) is 0 Å². The van der Waals surface area contributed by atoms with E-state index >= 15 is 0 Å². The van der Waals surface area contributed by atoms with Crippen molar-refractivity contribution in [3.63, 3.8) is 0 Å². The lowest BCUT2D eigenvalue weighted by molar-refractivity contribution is -0.126. The molecule has 1 saturated carbocycles. The summed E-state index contributed by atoms with van der Waals surface area (Å²) in [5.41, 5.74) is 2.20. The molecule has 1 unspecified atom stereocenters. The van der Waals surface area contributed by atoms with E-state index in [2.05, 4.69) is 55.7 Å². The summed E-state index contributed by atoms with van der Waals surface area (Å²) in [6.45, 7) is 7.17. The van der Waals surface area contributed by atoms with Gasteiger partial charge in [-0.1, -0.05) is 51.0 Å². The van der Waals surface area contributed by atoms with Gasteiger partial charge in [-0.05, 0) is 43.9 Å². The van der Waals surface area contributed by atoms with E-state index in [0.717, 1.165) is 25.7 Å². The second-order valence-corrected chi connectivity index (χ2v) is 6.97. The summed E-state index contributed by atoms with van der Waals surface area (Å²) in [4.78, 5) is 12.9. The normalized spacial score (nSPS) is 17.6. The molecule has 2 N–H and O–H groups in total. The van der Waals surface area contributed by atoms with Crippen LogP contribution in [0.25, 0.3) is 0 Å². The van der Waals surface area contributed by atoms with Crippen molar-refractivity contribution in [2.75, 3.05) is 13.6 Å². The van der Waals surface area contributed by atoms with Gasteiger partial charge < -0.3 is 10.6 Å². The van der Waals surface area contributed by atoms with Gasteiger partial charge in [0, 0.05) is 12.6 Å². The quantitative estimate of drug-likeness (QED) is 0.829. The SMILES string of the molecule is CNC(C)CNC(=O)C1(c2ccc(C(C)C)cc2)CCCC1.Cl. The maximum absolute atomic E-state index is 12.9. The fourth-order valence-corrected chi connectivity index (χ4v) is 3.33. The van der Waals surface area contributed by atoms with E-state index < -0.39 is 0 Å². The van der Waals surface area contributed by atoms with E-state index in [4.69, 9.17) is 0 Å². The lowest BCUT2D eigenvalue weighted by Crippen LogP contribution is -2.46. The van der Waals surface area contributed by atoms with Crippen LogP contribution in [0.2, 0.25) is 0 Å². The zero-order chi connectivity index (χ0) is 16.2. The first kappa shape index (κ1) is 20.0. The molecule has 0 radical (unpaired) electrons. The number of hydrogen-bond acceptors (Lipinski definition) is 2. The highest BCUT2D eigenvalue weighted by molar-refractivity contribution is 5.88. The van der Waals surface area contributed by atoms with Crippen LogP contribution in [0.15, 0.2) is 24.3 Å². The Morgan fingerprint density at radius 2 is 1.70 bits per heavy atom. The minimum absolute atomic E-state index is 0. The van der Waals surface area contributed by atoms with E-state index in [1.807, 2.05) is 7.05 Å². The van der Waals surface area contributed by atoms with E-state index in [1.165, 1.54) is 11.1 Å². The van der Waals surface area contributed by atoms with Crippen molar-refractivity contribution in [3.8, 4) is 0 Å². The van der Waals surface area contributed by atoms with Crippen molar-refractivity contribution in [3.05, 3.63) is 35.4 Å². The van der Waals surface area contributed by atoms with Crippen LogP contribution >= 0.6 is 12.4 Å². The zero-order valence-corrected chi connectivity index (χ0v) is 15.6. The molecule has 1 aliphatic carbocycles. The minimum atomic E-state index is -0.316. The van der Waals surface area contributed by atoms with Crippen LogP contribution in [0.1, 0.15) is 63.5 Å². The fourth-order valence-electron chi connectivity index (χ4n) is 3.33. The molecule has 0 aromatic heterocycles. The minimum Gasteiger partial charge on any atom is -0.354 e. The number of likely N-dealkylation sites (N-methyl/N-ethyl adjacent to an activating group) is 1. The van der Waals surface area contributed by atoms with E-state index in [9.17, 15) is 4.79 Å². The van der Waals surface area contributed by atoms with Crippen LogP contribution in [0.4, 0.5) is 0 Å². The number of benzene rings is 1. The maximum atomic E-state index is 12.9. The van der Waals surface area contributed by atoms with E-state index in [1.54, 1.807) is 0 Å². The predicted octanol–water partition coefficient (Wildman–Crippen LogP) is 3.77. The first-order valence-corrected chi connectivity index (χ1v) is 8.55. The van der Waals surface area contributed by atoms with Gasteiger partial charge in [0.1, 0.15) is 0 Å². The van der Waals surface area contributed by atoms with Crippen LogP contribution < -0.4 is 10.6 Å². The van der Waals surface area contributed by atoms with Crippen LogP contribution in [-0.4, -0.2) is 25.5 Å². The average Bonchev–Trinajstić information content (AvgIpc) is 3.03. The van der Waals surface area contributed by atoms with Gasteiger partial charge in [0.15, 0.2) is 0 Å². The van der Waals surface area contributed by atoms with Crippen molar-refractivity contribution in [2.24, 2.45) is 0 Å². The Balaban J connectivity index is 0.00000264. The maximum Gasteiger partial charge on any atom is 0.230 e. The van der Waals surface area contributed by atoms with Crippen molar-refractivity contribution >= 4 is 18.3 Å². The number of hydrogen-bond donors (Lipinski definition) is 2. The molecule has 0 bridgehead atoms. The van der Waals surface area contributed by atoms with Gasteiger partial charge in [0.2, 0.25) is 5.91 Å². The molecule has 1 aliphatic rings. The third-order valence-corrected chi connectivity index (χ3v) is 5.08. The molecule has 1 fully saturated rings. The first-order valence-electron chi connectivity index (χ1n) is 8.55. The summed E-state index contributed by atoms with van der Waals surface area (Å²) in [7, 11) is 1.92. The summed E-state index contributed by atoms with van der Waals surface area (Å²) in [6.07, 6.45) is 4.21. The molecular formula is C19H31ClN2O. The third-order valence-electron chi connectivity index (χ3n) is 5.08. The molecule has 0 spiro atoms. The molecule has 2 rings (SSSR count). The molecule has 1 aromatic carbocycles. The summed E-state index contributed by atoms with van der Waals surface area (Å²) < 4.78 is 0. The van der Waals surface area contributed by atoms with Crippen molar-refractivity contribution < 1.29 is 4.79 Å². The van der Waals surface area contributed by atoms with E-state index in [-0.39, 0.29) is 23.7 Å². The topological polar surface area (TPSA) is 41.1 Å². The smallest absolute Gasteiger partial charge is 0.230 e. The predicted molar refractivity (Wildman–Crippen MR) is 99.5 cm³/mol. The number of nitrogens with one attached hydrogen (secondary N) is 2.